The number of fused-ring (bicyclic) bond motifs is 1. The second-order valence-corrected chi connectivity index (χ2v) is 2.81. The van der Waals surface area contributed by atoms with Crippen molar-refractivity contribution in [2.24, 2.45) is 5.16 Å². The molecule has 3 nitrogen and oxygen atoms in total. The van der Waals surface area contributed by atoms with E-state index >= 15 is 0 Å². The predicted octanol–water partition coefficient (Wildman–Crippen LogP) is 0.940. The summed E-state index contributed by atoms with van der Waals surface area (Å²) in [5.41, 5.74) is 0.990. The molecule has 0 aromatic carbocycles. The molecular weight excluding hydrogens is 130 g/mol. The van der Waals surface area contributed by atoms with Gasteiger partial charge in [-0.05, 0) is 19.8 Å². The summed E-state index contributed by atoms with van der Waals surface area (Å²) in [6, 6.07) is 0. The number of ether oxygens (including phenoxy) is 1. The van der Waals surface area contributed by atoms with Crippen LogP contribution in [0.15, 0.2) is 5.16 Å². The average Bonchev–Trinajstić information content (AvgIpc) is 2.34. The number of rotatable bonds is 0. The van der Waals surface area contributed by atoms with Gasteiger partial charge in [-0.15, -0.1) is 0 Å². The number of nitrogens with zero attached hydrogens (tertiary/aromatic N) is 1. The molecule has 0 aliphatic carbocycles. The molecule has 3 heteroatoms. The molecule has 0 aromatic heterocycles. The zero-order valence-corrected chi connectivity index (χ0v) is 6.04. The van der Waals surface area contributed by atoms with Gasteiger partial charge in [-0.2, -0.15) is 0 Å². The highest BCUT2D eigenvalue weighted by Crippen LogP contribution is 2.23. The fourth-order valence-corrected chi connectivity index (χ4v) is 1.45. The fraction of sp³-hybridized carbons (Fsp3) is 0.857. The van der Waals surface area contributed by atoms with Gasteiger partial charge in [-0.25, -0.2) is 0 Å². The van der Waals surface area contributed by atoms with E-state index in [1.165, 1.54) is 0 Å². The highest BCUT2D eigenvalue weighted by Gasteiger charge is 2.34. The van der Waals surface area contributed by atoms with Crippen LogP contribution in [0.4, 0.5) is 0 Å². The summed E-state index contributed by atoms with van der Waals surface area (Å²) >= 11 is 0. The molecule has 0 N–H and O–H groups in total. The normalized spacial score (nSPS) is 38.3. The molecule has 0 radical (unpaired) electrons. The lowest BCUT2D eigenvalue weighted by atomic mass is 10.0. The van der Waals surface area contributed by atoms with E-state index in [0.717, 1.165) is 25.2 Å². The van der Waals surface area contributed by atoms with E-state index in [1.54, 1.807) is 0 Å². The third kappa shape index (κ3) is 0.814. The van der Waals surface area contributed by atoms with Gasteiger partial charge >= 0.3 is 0 Å². The Bertz CT molecular complexity index is 167. The van der Waals surface area contributed by atoms with E-state index in [9.17, 15) is 0 Å². The first-order chi connectivity index (χ1) is 4.88. The Labute approximate surface area is 60.0 Å². The molecule has 2 rings (SSSR count). The van der Waals surface area contributed by atoms with Gasteiger partial charge < -0.3 is 9.57 Å². The molecule has 0 saturated carbocycles. The molecular formula is C7H11NO2. The number of hydrogen-bond donors (Lipinski definition) is 0. The van der Waals surface area contributed by atoms with E-state index in [4.69, 9.17) is 9.57 Å². The Hall–Kier alpha value is -0.570. The lowest BCUT2D eigenvalue weighted by Gasteiger charge is -2.23. The Balaban J connectivity index is 2.08. The Morgan fingerprint density at radius 2 is 2.50 bits per heavy atom. The molecule has 2 atom stereocenters. The Kier molecular flexibility index (Phi) is 1.38. The molecule has 1 fully saturated rings. The SMILES string of the molecule is CC1=NO[C@@H]2CCCO[C@H]12. The van der Waals surface area contributed by atoms with Crippen molar-refractivity contribution in [2.45, 2.75) is 32.0 Å². The van der Waals surface area contributed by atoms with Gasteiger partial charge in [-0.1, -0.05) is 5.16 Å². The molecule has 0 unspecified atom stereocenters. The molecule has 56 valence electrons. The fourth-order valence-electron chi connectivity index (χ4n) is 1.45. The van der Waals surface area contributed by atoms with E-state index in [1.807, 2.05) is 6.92 Å². The average molecular weight is 141 g/mol. The van der Waals surface area contributed by atoms with Crippen LogP contribution in [0, 0.1) is 0 Å². The largest absolute Gasteiger partial charge is 0.389 e. The van der Waals surface area contributed by atoms with Crippen LogP contribution in [0.25, 0.3) is 0 Å². The first-order valence-electron chi connectivity index (χ1n) is 3.70. The second-order valence-electron chi connectivity index (χ2n) is 2.81. The minimum absolute atomic E-state index is 0.161. The van der Waals surface area contributed by atoms with E-state index in [0.29, 0.717) is 0 Å². The van der Waals surface area contributed by atoms with Crippen molar-refractivity contribution in [1.29, 1.82) is 0 Å². The molecule has 2 heterocycles. The van der Waals surface area contributed by atoms with Gasteiger partial charge in [0.1, 0.15) is 6.10 Å². The molecule has 0 spiro atoms. The van der Waals surface area contributed by atoms with Crippen molar-refractivity contribution in [3.63, 3.8) is 0 Å². The minimum atomic E-state index is 0.161. The van der Waals surface area contributed by atoms with Crippen LogP contribution in [0.1, 0.15) is 19.8 Å². The summed E-state index contributed by atoms with van der Waals surface area (Å²) in [5.74, 6) is 0. The number of hydrogen-bond acceptors (Lipinski definition) is 3. The van der Waals surface area contributed by atoms with Crippen LogP contribution < -0.4 is 0 Å². The van der Waals surface area contributed by atoms with Crippen LogP contribution in [0.3, 0.4) is 0 Å². The smallest absolute Gasteiger partial charge is 0.159 e. The second kappa shape index (κ2) is 2.23. The van der Waals surface area contributed by atoms with Gasteiger partial charge in [0.15, 0.2) is 6.10 Å². The summed E-state index contributed by atoms with van der Waals surface area (Å²) in [6.45, 7) is 2.81. The topological polar surface area (TPSA) is 30.8 Å². The maximum atomic E-state index is 5.46. The lowest BCUT2D eigenvalue weighted by Crippen LogP contribution is -2.35. The first-order valence-corrected chi connectivity index (χ1v) is 3.70. The van der Waals surface area contributed by atoms with Gasteiger partial charge in [0.2, 0.25) is 0 Å². The van der Waals surface area contributed by atoms with Crippen molar-refractivity contribution < 1.29 is 9.57 Å². The van der Waals surface area contributed by atoms with E-state index < -0.39 is 0 Å². The van der Waals surface area contributed by atoms with Crippen LogP contribution >= 0.6 is 0 Å². The molecule has 0 amide bonds. The molecule has 10 heavy (non-hydrogen) atoms. The summed E-state index contributed by atoms with van der Waals surface area (Å²) in [4.78, 5) is 5.13. The third-order valence-corrected chi connectivity index (χ3v) is 2.01. The predicted molar refractivity (Wildman–Crippen MR) is 37.0 cm³/mol. The van der Waals surface area contributed by atoms with Crippen molar-refractivity contribution in [2.75, 3.05) is 6.61 Å². The monoisotopic (exact) mass is 141 g/mol. The Morgan fingerprint density at radius 3 is 3.30 bits per heavy atom. The maximum absolute atomic E-state index is 5.46. The summed E-state index contributed by atoms with van der Waals surface area (Å²) < 4.78 is 5.46. The van der Waals surface area contributed by atoms with E-state index in [-0.39, 0.29) is 12.2 Å². The van der Waals surface area contributed by atoms with Crippen LogP contribution in [-0.2, 0) is 9.57 Å². The van der Waals surface area contributed by atoms with E-state index in [2.05, 4.69) is 5.16 Å². The quantitative estimate of drug-likeness (QED) is 0.502. The van der Waals surface area contributed by atoms with Gasteiger partial charge in [0.25, 0.3) is 0 Å². The standard InChI is InChI=1S/C7H11NO2/c1-5-7-6(10-8-5)3-2-4-9-7/h6-7H,2-4H2,1H3/t6-,7-/m1/s1. The number of oxime groups is 1. The molecule has 0 bridgehead atoms. The molecule has 1 saturated heterocycles. The zero-order valence-electron chi connectivity index (χ0n) is 6.04. The molecule has 2 aliphatic rings. The Morgan fingerprint density at radius 1 is 1.60 bits per heavy atom. The summed E-state index contributed by atoms with van der Waals surface area (Å²) in [7, 11) is 0. The highest BCUT2D eigenvalue weighted by molar-refractivity contribution is 5.87. The minimum Gasteiger partial charge on any atom is -0.389 e. The third-order valence-electron chi connectivity index (χ3n) is 2.01. The lowest BCUT2D eigenvalue weighted by molar-refractivity contribution is -0.0521. The van der Waals surface area contributed by atoms with Crippen molar-refractivity contribution in [3.05, 3.63) is 0 Å². The summed E-state index contributed by atoms with van der Waals surface area (Å²) in [5, 5.41) is 3.87. The van der Waals surface area contributed by atoms with Crippen LogP contribution in [0.5, 0.6) is 0 Å². The van der Waals surface area contributed by atoms with Crippen molar-refractivity contribution >= 4 is 5.71 Å². The summed E-state index contributed by atoms with van der Waals surface area (Å²) in [6.07, 6.45) is 2.57. The van der Waals surface area contributed by atoms with Crippen LogP contribution in [0.2, 0.25) is 0 Å². The van der Waals surface area contributed by atoms with Gasteiger partial charge in [-0.3, -0.25) is 0 Å². The zero-order chi connectivity index (χ0) is 6.97. The molecule has 2 aliphatic heterocycles. The first kappa shape index (κ1) is 6.16. The van der Waals surface area contributed by atoms with Gasteiger partial charge in [0, 0.05) is 6.61 Å². The van der Waals surface area contributed by atoms with Gasteiger partial charge in [0.05, 0.1) is 5.71 Å². The van der Waals surface area contributed by atoms with Crippen molar-refractivity contribution in [1.82, 2.24) is 0 Å². The maximum Gasteiger partial charge on any atom is 0.159 e. The highest BCUT2D eigenvalue weighted by atomic mass is 16.7. The molecule has 0 aromatic rings. The van der Waals surface area contributed by atoms with Crippen LogP contribution in [-0.4, -0.2) is 24.5 Å². The van der Waals surface area contributed by atoms with Crippen molar-refractivity contribution in [3.8, 4) is 0 Å².